The van der Waals surface area contributed by atoms with E-state index in [0.717, 1.165) is 24.6 Å². The molecule has 18 heavy (non-hydrogen) atoms. The molecule has 0 radical (unpaired) electrons. The zero-order valence-electron chi connectivity index (χ0n) is 11.0. The fraction of sp³-hybridized carbons (Fsp3) is 0.533. The molecule has 98 valence electrons. The predicted molar refractivity (Wildman–Crippen MR) is 73.5 cm³/mol. The molecule has 1 aliphatic carbocycles. The summed E-state index contributed by atoms with van der Waals surface area (Å²) in [4.78, 5) is 11.4. The summed E-state index contributed by atoms with van der Waals surface area (Å²) in [5.41, 5.74) is 1.95. The lowest BCUT2D eigenvalue weighted by Gasteiger charge is -2.05. The first-order valence-corrected chi connectivity index (χ1v) is 6.81. The number of benzene rings is 1. The van der Waals surface area contributed by atoms with Crippen molar-refractivity contribution in [2.75, 3.05) is 13.6 Å². The molecule has 1 saturated carbocycles. The van der Waals surface area contributed by atoms with Crippen LogP contribution in [0.3, 0.4) is 0 Å². The monoisotopic (exact) mass is 246 g/mol. The fourth-order valence-corrected chi connectivity index (χ4v) is 2.07. The highest BCUT2D eigenvalue weighted by Crippen LogP contribution is 2.33. The van der Waals surface area contributed by atoms with Gasteiger partial charge < -0.3 is 10.6 Å². The average molecular weight is 246 g/mol. The van der Waals surface area contributed by atoms with Crippen molar-refractivity contribution in [1.29, 1.82) is 0 Å². The molecule has 0 bridgehead atoms. The first-order chi connectivity index (χ1) is 8.79. The standard InChI is InChI=1S/C15H22N2O/c1-16-15(18)14-8-6-13(7-9-14)11-17-10-2-3-12-4-5-12/h6-9,12,17H,2-5,10-11H2,1H3,(H,16,18). The molecule has 0 unspecified atom stereocenters. The SMILES string of the molecule is CNC(=O)c1ccc(CNCCCC2CC2)cc1. The lowest BCUT2D eigenvalue weighted by molar-refractivity contribution is 0.0963. The summed E-state index contributed by atoms with van der Waals surface area (Å²) >= 11 is 0. The number of hydrogen-bond acceptors (Lipinski definition) is 2. The van der Waals surface area contributed by atoms with Crippen molar-refractivity contribution in [1.82, 2.24) is 10.6 Å². The fourth-order valence-electron chi connectivity index (χ4n) is 2.07. The molecule has 2 rings (SSSR count). The minimum absolute atomic E-state index is 0.0288. The van der Waals surface area contributed by atoms with Crippen LogP contribution < -0.4 is 10.6 Å². The third-order valence-electron chi connectivity index (χ3n) is 3.44. The van der Waals surface area contributed by atoms with Gasteiger partial charge in [0.15, 0.2) is 0 Å². The topological polar surface area (TPSA) is 41.1 Å². The number of hydrogen-bond donors (Lipinski definition) is 2. The van der Waals surface area contributed by atoms with Crippen LogP contribution in [0.25, 0.3) is 0 Å². The molecule has 1 aromatic rings. The quantitative estimate of drug-likeness (QED) is 0.725. The molecular formula is C15H22N2O. The second-order valence-electron chi connectivity index (χ2n) is 5.04. The van der Waals surface area contributed by atoms with Crippen LogP contribution in [-0.2, 0) is 6.54 Å². The van der Waals surface area contributed by atoms with Gasteiger partial charge in [0.1, 0.15) is 0 Å². The van der Waals surface area contributed by atoms with Gasteiger partial charge in [-0.25, -0.2) is 0 Å². The summed E-state index contributed by atoms with van der Waals surface area (Å²) in [6.45, 7) is 1.98. The van der Waals surface area contributed by atoms with E-state index in [1.54, 1.807) is 7.05 Å². The molecule has 1 amide bonds. The minimum atomic E-state index is -0.0288. The van der Waals surface area contributed by atoms with Crippen LogP contribution in [0.4, 0.5) is 0 Å². The van der Waals surface area contributed by atoms with Gasteiger partial charge in [-0.05, 0) is 43.0 Å². The maximum Gasteiger partial charge on any atom is 0.251 e. The highest BCUT2D eigenvalue weighted by atomic mass is 16.1. The largest absolute Gasteiger partial charge is 0.355 e. The molecule has 0 spiro atoms. The Balaban J connectivity index is 1.67. The Morgan fingerprint density at radius 2 is 2.00 bits per heavy atom. The number of carbonyl (C=O) groups is 1. The van der Waals surface area contributed by atoms with Crippen molar-refractivity contribution in [2.45, 2.75) is 32.2 Å². The lowest BCUT2D eigenvalue weighted by Crippen LogP contribution is -2.18. The van der Waals surface area contributed by atoms with Crippen molar-refractivity contribution < 1.29 is 4.79 Å². The maximum absolute atomic E-state index is 11.4. The number of rotatable bonds is 7. The van der Waals surface area contributed by atoms with Crippen LogP contribution in [0.2, 0.25) is 0 Å². The van der Waals surface area contributed by atoms with Crippen molar-refractivity contribution in [3.05, 3.63) is 35.4 Å². The van der Waals surface area contributed by atoms with Crippen molar-refractivity contribution >= 4 is 5.91 Å². The molecule has 0 heterocycles. The summed E-state index contributed by atoms with van der Waals surface area (Å²) in [5, 5.41) is 6.07. The summed E-state index contributed by atoms with van der Waals surface area (Å²) < 4.78 is 0. The van der Waals surface area contributed by atoms with E-state index in [1.807, 2.05) is 24.3 Å². The highest BCUT2D eigenvalue weighted by molar-refractivity contribution is 5.93. The first-order valence-electron chi connectivity index (χ1n) is 6.81. The van der Waals surface area contributed by atoms with E-state index in [0.29, 0.717) is 0 Å². The number of carbonyl (C=O) groups excluding carboxylic acids is 1. The molecule has 2 N–H and O–H groups in total. The Bertz CT molecular complexity index is 382. The zero-order chi connectivity index (χ0) is 12.8. The van der Waals surface area contributed by atoms with E-state index in [-0.39, 0.29) is 5.91 Å². The van der Waals surface area contributed by atoms with Gasteiger partial charge in [-0.15, -0.1) is 0 Å². The van der Waals surface area contributed by atoms with E-state index < -0.39 is 0 Å². The van der Waals surface area contributed by atoms with E-state index >= 15 is 0 Å². The van der Waals surface area contributed by atoms with Crippen LogP contribution in [0.5, 0.6) is 0 Å². The summed E-state index contributed by atoms with van der Waals surface area (Å²) in [7, 11) is 1.65. The zero-order valence-corrected chi connectivity index (χ0v) is 11.0. The summed E-state index contributed by atoms with van der Waals surface area (Å²) in [6.07, 6.45) is 5.55. The van der Waals surface area contributed by atoms with E-state index in [9.17, 15) is 4.79 Å². The second-order valence-corrected chi connectivity index (χ2v) is 5.04. The number of nitrogens with one attached hydrogen (secondary N) is 2. The van der Waals surface area contributed by atoms with Crippen LogP contribution >= 0.6 is 0 Å². The van der Waals surface area contributed by atoms with E-state index in [2.05, 4.69) is 10.6 Å². The van der Waals surface area contributed by atoms with Crippen molar-refractivity contribution in [2.24, 2.45) is 5.92 Å². The summed E-state index contributed by atoms with van der Waals surface area (Å²) in [6, 6.07) is 7.77. The van der Waals surface area contributed by atoms with Crippen molar-refractivity contribution in [3.63, 3.8) is 0 Å². The second kappa shape index (κ2) is 6.55. The van der Waals surface area contributed by atoms with Crippen molar-refractivity contribution in [3.8, 4) is 0 Å². The molecular weight excluding hydrogens is 224 g/mol. The van der Waals surface area contributed by atoms with Gasteiger partial charge in [0.05, 0.1) is 0 Å². The molecule has 3 nitrogen and oxygen atoms in total. The lowest BCUT2D eigenvalue weighted by atomic mass is 10.1. The molecule has 1 aliphatic rings. The van der Waals surface area contributed by atoms with Crippen LogP contribution in [0.1, 0.15) is 41.6 Å². The van der Waals surface area contributed by atoms with Gasteiger partial charge >= 0.3 is 0 Å². The Kier molecular flexibility index (Phi) is 4.76. The van der Waals surface area contributed by atoms with Gasteiger partial charge in [-0.2, -0.15) is 0 Å². The molecule has 3 heteroatoms. The molecule has 1 fully saturated rings. The summed E-state index contributed by atoms with van der Waals surface area (Å²) in [5.74, 6) is 0.998. The van der Waals surface area contributed by atoms with Gasteiger partial charge in [0.2, 0.25) is 0 Å². The van der Waals surface area contributed by atoms with Crippen LogP contribution in [0.15, 0.2) is 24.3 Å². The number of amides is 1. The minimum Gasteiger partial charge on any atom is -0.355 e. The Labute approximate surface area is 109 Å². The van der Waals surface area contributed by atoms with Gasteiger partial charge in [-0.1, -0.05) is 25.0 Å². The van der Waals surface area contributed by atoms with Gasteiger partial charge in [-0.3, -0.25) is 4.79 Å². The smallest absolute Gasteiger partial charge is 0.251 e. The molecule has 1 aromatic carbocycles. The molecule has 0 saturated heterocycles. The van der Waals surface area contributed by atoms with Crippen LogP contribution in [0, 0.1) is 5.92 Å². The molecule has 0 atom stereocenters. The van der Waals surface area contributed by atoms with Gasteiger partial charge in [0, 0.05) is 19.2 Å². The Morgan fingerprint density at radius 1 is 1.28 bits per heavy atom. The van der Waals surface area contributed by atoms with E-state index in [4.69, 9.17) is 0 Å². The maximum atomic E-state index is 11.4. The highest BCUT2D eigenvalue weighted by Gasteiger charge is 2.19. The van der Waals surface area contributed by atoms with Crippen LogP contribution in [-0.4, -0.2) is 19.5 Å². The Hall–Kier alpha value is -1.35. The third kappa shape index (κ3) is 4.15. The normalized spacial score (nSPS) is 14.5. The first kappa shape index (κ1) is 13.1. The van der Waals surface area contributed by atoms with Gasteiger partial charge in [0.25, 0.3) is 5.91 Å². The molecule has 0 aliphatic heterocycles. The third-order valence-corrected chi connectivity index (χ3v) is 3.44. The van der Waals surface area contributed by atoms with E-state index in [1.165, 1.54) is 31.2 Å². The predicted octanol–water partition coefficient (Wildman–Crippen LogP) is 2.33. The average Bonchev–Trinajstić information content (AvgIpc) is 3.22. The molecule has 0 aromatic heterocycles. The Morgan fingerprint density at radius 3 is 2.61 bits per heavy atom.